The van der Waals surface area contributed by atoms with Crippen molar-refractivity contribution in [3.63, 3.8) is 0 Å². The first-order chi connectivity index (χ1) is 7.26. The van der Waals surface area contributed by atoms with Gasteiger partial charge in [0.05, 0.1) is 6.04 Å². The molecular formula is C13H21NO. The molecule has 0 spiro atoms. The zero-order valence-corrected chi connectivity index (χ0v) is 9.59. The van der Waals surface area contributed by atoms with Crippen LogP contribution in [-0.4, -0.2) is 11.9 Å². The third-order valence-corrected chi connectivity index (χ3v) is 3.06. The van der Waals surface area contributed by atoms with E-state index in [0.29, 0.717) is 12.3 Å². The molecule has 0 aromatic rings. The Balaban J connectivity index is 2.24. The highest BCUT2D eigenvalue weighted by Crippen LogP contribution is 2.27. The minimum absolute atomic E-state index is 0.0658. The van der Waals surface area contributed by atoms with E-state index in [-0.39, 0.29) is 11.9 Å². The monoisotopic (exact) mass is 207 g/mol. The summed E-state index contributed by atoms with van der Waals surface area (Å²) in [7, 11) is 0. The fourth-order valence-electron chi connectivity index (χ4n) is 2.22. The summed E-state index contributed by atoms with van der Waals surface area (Å²) in [6.45, 7) is 2.08. The molecule has 1 saturated carbocycles. The first kappa shape index (κ1) is 12.1. The summed E-state index contributed by atoms with van der Waals surface area (Å²) in [6, 6.07) is -0.0658. The van der Waals surface area contributed by atoms with Gasteiger partial charge in [-0.2, -0.15) is 0 Å². The maximum atomic E-state index is 11.6. The van der Waals surface area contributed by atoms with Crippen LogP contribution in [0.1, 0.15) is 51.9 Å². The Morgan fingerprint density at radius 2 is 2.20 bits per heavy atom. The molecule has 0 unspecified atom stereocenters. The largest absolute Gasteiger partial charge is 0.342 e. The predicted molar refractivity (Wildman–Crippen MR) is 62.2 cm³/mol. The number of nitrogens with one attached hydrogen (secondary N) is 1. The van der Waals surface area contributed by atoms with Gasteiger partial charge in [-0.25, -0.2) is 0 Å². The maximum absolute atomic E-state index is 11.6. The van der Waals surface area contributed by atoms with Crippen molar-refractivity contribution < 1.29 is 4.79 Å². The van der Waals surface area contributed by atoms with Gasteiger partial charge >= 0.3 is 0 Å². The van der Waals surface area contributed by atoms with Crippen molar-refractivity contribution >= 4 is 5.91 Å². The fraction of sp³-hybridized carbons (Fsp3) is 0.769. The van der Waals surface area contributed by atoms with Crippen LogP contribution in [0.5, 0.6) is 0 Å². The van der Waals surface area contributed by atoms with Crippen molar-refractivity contribution in [1.82, 2.24) is 5.32 Å². The van der Waals surface area contributed by atoms with Crippen molar-refractivity contribution in [3.05, 3.63) is 0 Å². The molecule has 1 fully saturated rings. The van der Waals surface area contributed by atoms with E-state index in [4.69, 9.17) is 6.42 Å². The average Bonchev–Trinajstić information content (AvgIpc) is 2.69. The summed E-state index contributed by atoms with van der Waals surface area (Å²) in [5, 5.41) is 2.92. The van der Waals surface area contributed by atoms with E-state index in [1.165, 1.54) is 25.7 Å². The Morgan fingerprint density at radius 1 is 1.53 bits per heavy atom. The van der Waals surface area contributed by atoms with Gasteiger partial charge < -0.3 is 5.32 Å². The van der Waals surface area contributed by atoms with E-state index in [2.05, 4.69) is 18.2 Å². The van der Waals surface area contributed by atoms with Crippen molar-refractivity contribution in [2.24, 2.45) is 5.92 Å². The molecule has 1 amide bonds. The predicted octanol–water partition coefficient (Wildman–Crippen LogP) is 2.48. The highest BCUT2D eigenvalue weighted by Gasteiger charge is 2.19. The van der Waals surface area contributed by atoms with E-state index < -0.39 is 0 Å². The number of hydrogen-bond donors (Lipinski definition) is 1. The van der Waals surface area contributed by atoms with Gasteiger partial charge in [0.15, 0.2) is 0 Å². The molecule has 0 aliphatic heterocycles. The van der Waals surface area contributed by atoms with Gasteiger partial charge in [0, 0.05) is 6.42 Å². The van der Waals surface area contributed by atoms with Gasteiger partial charge in [0.25, 0.3) is 0 Å². The first-order valence-electron chi connectivity index (χ1n) is 6.01. The van der Waals surface area contributed by atoms with Crippen LogP contribution in [0.15, 0.2) is 0 Å². The summed E-state index contributed by atoms with van der Waals surface area (Å²) in [6.07, 6.45) is 12.9. The van der Waals surface area contributed by atoms with Gasteiger partial charge in [0.1, 0.15) is 0 Å². The third-order valence-electron chi connectivity index (χ3n) is 3.06. The second-order valence-corrected chi connectivity index (χ2v) is 4.43. The van der Waals surface area contributed by atoms with Gasteiger partial charge in [-0.3, -0.25) is 4.79 Å². The summed E-state index contributed by atoms with van der Waals surface area (Å²) in [5.41, 5.74) is 0. The van der Waals surface area contributed by atoms with Crippen molar-refractivity contribution in [1.29, 1.82) is 0 Å². The number of hydrogen-bond acceptors (Lipinski definition) is 1. The summed E-state index contributed by atoms with van der Waals surface area (Å²) < 4.78 is 0. The molecular weight excluding hydrogens is 186 g/mol. The first-order valence-corrected chi connectivity index (χ1v) is 6.01. The number of amides is 1. The standard InChI is InChI=1S/C13H21NO/c1-3-7-12(4-2)14-13(15)10-11-8-5-6-9-11/h2,11-12H,3,5-10H2,1H3,(H,14,15)/t12-/m0/s1. The average molecular weight is 207 g/mol. The summed E-state index contributed by atoms with van der Waals surface area (Å²) in [5.74, 6) is 3.37. The summed E-state index contributed by atoms with van der Waals surface area (Å²) in [4.78, 5) is 11.6. The van der Waals surface area contributed by atoms with Crippen LogP contribution in [0.2, 0.25) is 0 Å². The lowest BCUT2D eigenvalue weighted by molar-refractivity contribution is -0.122. The normalized spacial score (nSPS) is 18.4. The van der Waals surface area contributed by atoms with E-state index in [9.17, 15) is 4.79 Å². The zero-order valence-electron chi connectivity index (χ0n) is 9.59. The van der Waals surface area contributed by atoms with E-state index in [1.54, 1.807) is 0 Å². The lowest BCUT2D eigenvalue weighted by Crippen LogP contribution is -2.34. The van der Waals surface area contributed by atoms with Gasteiger partial charge in [-0.15, -0.1) is 6.42 Å². The van der Waals surface area contributed by atoms with Crippen LogP contribution < -0.4 is 5.32 Å². The molecule has 1 atom stereocenters. The molecule has 1 aliphatic carbocycles. The highest BCUT2D eigenvalue weighted by molar-refractivity contribution is 5.76. The molecule has 0 aromatic carbocycles. The molecule has 1 N–H and O–H groups in total. The third kappa shape index (κ3) is 4.38. The molecule has 0 bridgehead atoms. The molecule has 15 heavy (non-hydrogen) atoms. The minimum atomic E-state index is -0.0658. The van der Waals surface area contributed by atoms with Crippen LogP contribution in [0, 0.1) is 18.3 Å². The second-order valence-electron chi connectivity index (χ2n) is 4.43. The van der Waals surface area contributed by atoms with Crippen molar-refractivity contribution in [2.75, 3.05) is 0 Å². The van der Waals surface area contributed by atoms with Gasteiger partial charge in [0.2, 0.25) is 5.91 Å². The number of rotatable bonds is 5. The highest BCUT2D eigenvalue weighted by atomic mass is 16.1. The molecule has 0 saturated heterocycles. The Kier molecular flexibility index (Phi) is 5.25. The Morgan fingerprint density at radius 3 is 2.73 bits per heavy atom. The lowest BCUT2D eigenvalue weighted by atomic mass is 10.0. The molecule has 1 rings (SSSR count). The van der Waals surface area contributed by atoms with Crippen LogP contribution in [0.4, 0.5) is 0 Å². The fourth-order valence-corrected chi connectivity index (χ4v) is 2.22. The van der Waals surface area contributed by atoms with Crippen LogP contribution in [0.3, 0.4) is 0 Å². The molecule has 0 heterocycles. The molecule has 0 radical (unpaired) electrons. The van der Waals surface area contributed by atoms with E-state index in [0.717, 1.165) is 12.8 Å². The molecule has 0 aromatic heterocycles. The van der Waals surface area contributed by atoms with E-state index >= 15 is 0 Å². The second kappa shape index (κ2) is 6.50. The Hall–Kier alpha value is -0.970. The molecule has 2 nitrogen and oxygen atoms in total. The molecule has 1 aliphatic rings. The number of terminal acetylenes is 1. The van der Waals surface area contributed by atoms with Crippen molar-refractivity contribution in [3.8, 4) is 12.3 Å². The van der Waals surface area contributed by atoms with Gasteiger partial charge in [-0.05, 0) is 25.2 Å². The van der Waals surface area contributed by atoms with E-state index in [1.807, 2.05) is 0 Å². The summed E-state index contributed by atoms with van der Waals surface area (Å²) >= 11 is 0. The SMILES string of the molecule is C#C[C@@H](CCC)NC(=O)CC1CCCC1. The molecule has 2 heteroatoms. The van der Waals surface area contributed by atoms with Crippen LogP contribution in [0.25, 0.3) is 0 Å². The number of carbonyl (C=O) groups excluding carboxylic acids is 1. The van der Waals surface area contributed by atoms with Gasteiger partial charge in [-0.1, -0.05) is 32.1 Å². The Bertz CT molecular complexity index is 235. The smallest absolute Gasteiger partial charge is 0.221 e. The topological polar surface area (TPSA) is 29.1 Å². The maximum Gasteiger partial charge on any atom is 0.221 e. The Labute approximate surface area is 92.8 Å². The number of carbonyl (C=O) groups is 1. The van der Waals surface area contributed by atoms with Crippen LogP contribution >= 0.6 is 0 Å². The van der Waals surface area contributed by atoms with Crippen molar-refractivity contribution in [2.45, 2.75) is 57.9 Å². The molecule has 84 valence electrons. The quantitative estimate of drug-likeness (QED) is 0.689. The lowest BCUT2D eigenvalue weighted by Gasteiger charge is -2.14. The zero-order chi connectivity index (χ0) is 11.1. The van der Waals surface area contributed by atoms with Crippen LogP contribution in [-0.2, 0) is 4.79 Å². The minimum Gasteiger partial charge on any atom is -0.342 e.